The van der Waals surface area contributed by atoms with Gasteiger partial charge in [0.2, 0.25) is 5.91 Å². The third-order valence-electron chi connectivity index (χ3n) is 2.78. The number of piperazine rings is 1. The van der Waals surface area contributed by atoms with Gasteiger partial charge in [-0.1, -0.05) is 0 Å². The second-order valence-corrected chi connectivity index (χ2v) is 4.34. The number of nitrogens with zero attached hydrogens (tertiary/aromatic N) is 1. The second-order valence-electron chi connectivity index (χ2n) is 4.34. The van der Waals surface area contributed by atoms with Gasteiger partial charge in [-0.2, -0.15) is 0 Å². The average Bonchev–Trinajstić information content (AvgIpc) is 2.30. The molecule has 0 bridgehead atoms. The van der Waals surface area contributed by atoms with Crippen LogP contribution in [0, 0.1) is 6.07 Å². The second kappa shape index (κ2) is 5.80. The van der Waals surface area contributed by atoms with E-state index in [1.165, 1.54) is 12.5 Å². The molecule has 1 fully saturated rings. The van der Waals surface area contributed by atoms with Crippen molar-refractivity contribution in [2.75, 3.05) is 31.5 Å². The monoisotopic (exact) mass is 232 g/mol. The Bertz CT molecular complexity index is 386. The predicted octanol–water partition coefficient (Wildman–Crippen LogP) is 0.850. The van der Waals surface area contributed by atoms with Crippen molar-refractivity contribution in [1.29, 1.82) is 0 Å². The summed E-state index contributed by atoms with van der Waals surface area (Å²) < 4.78 is 0. The highest BCUT2D eigenvalue weighted by atomic mass is 16.1. The summed E-state index contributed by atoms with van der Waals surface area (Å²) in [5, 5.41) is 6.11. The fraction of sp³-hybridized carbons (Fsp3) is 0.462. The quantitative estimate of drug-likeness (QED) is 0.812. The van der Waals surface area contributed by atoms with E-state index < -0.39 is 0 Å². The average molecular weight is 232 g/mol. The molecule has 91 valence electrons. The number of anilines is 1. The molecule has 2 N–H and O–H groups in total. The Balaban J connectivity index is 1.97. The van der Waals surface area contributed by atoms with E-state index in [0.717, 1.165) is 38.4 Å². The van der Waals surface area contributed by atoms with Gasteiger partial charge in [0.25, 0.3) is 0 Å². The Labute approximate surface area is 102 Å². The van der Waals surface area contributed by atoms with Gasteiger partial charge in [0.05, 0.1) is 0 Å². The van der Waals surface area contributed by atoms with Crippen LogP contribution in [0.3, 0.4) is 0 Å². The van der Waals surface area contributed by atoms with Crippen molar-refractivity contribution >= 4 is 11.6 Å². The van der Waals surface area contributed by atoms with Crippen molar-refractivity contribution in [1.82, 2.24) is 10.2 Å². The molecule has 4 nitrogen and oxygen atoms in total. The molecule has 0 atom stereocenters. The minimum Gasteiger partial charge on any atom is -0.326 e. The SMILES string of the molecule is CC(=O)Nc1c[c]cc(CN2CCNCC2)c1. The summed E-state index contributed by atoms with van der Waals surface area (Å²) in [4.78, 5) is 13.4. The minimum atomic E-state index is -0.0438. The van der Waals surface area contributed by atoms with Gasteiger partial charge < -0.3 is 10.6 Å². The summed E-state index contributed by atoms with van der Waals surface area (Å²) in [6.07, 6.45) is 0. The van der Waals surface area contributed by atoms with Crippen LogP contribution in [-0.4, -0.2) is 37.0 Å². The van der Waals surface area contributed by atoms with E-state index in [4.69, 9.17) is 0 Å². The molecule has 17 heavy (non-hydrogen) atoms. The molecule has 1 radical (unpaired) electrons. The summed E-state index contributed by atoms with van der Waals surface area (Å²) >= 11 is 0. The molecule has 1 aliphatic heterocycles. The van der Waals surface area contributed by atoms with Crippen LogP contribution in [0.2, 0.25) is 0 Å². The summed E-state index contributed by atoms with van der Waals surface area (Å²) in [6.45, 7) is 6.69. The van der Waals surface area contributed by atoms with Crippen LogP contribution < -0.4 is 10.6 Å². The summed E-state index contributed by atoms with van der Waals surface area (Å²) in [5.41, 5.74) is 2.02. The van der Waals surface area contributed by atoms with E-state index >= 15 is 0 Å². The van der Waals surface area contributed by atoms with Crippen LogP contribution >= 0.6 is 0 Å². The van der Waals surface area contributed by atoms with E-state index in [1.807, 2.05) is 12.1 Å². The molecular formula is C13H18N3O. The Kier molecular flexibility index (Phi) is 4.12. The van der Waals surface area contributed by atoms with Gasteiger partial charge in [0.1, 0.15) is 0 Å². The van der Waals surface area contributed by atoms with Gasteiger partial charge in [-0.3, -0.25) is 9.69 Å². The maximum Gasteiger partial charge on any atom is 0.221 e. The van der Waals surface area contributed by atoms with Crippen molar-refractivity contribution in [3.63, 3.8) is 0 Å². The van der Waals surface area contributed by atoms with Crippen LogP contribution in [-0.2, 0) is 11.3 Å². The molecule has 1 heterocycles. The topological polar surface area (TPSA) is 44.4 Å². The zero-order valence-corrected chi connectivity index (χ0v) is 10.1. The molecule has 0 spiro atoms. The van der Waals surface area contributed by atoms with Gasteiger partial charge in [-0.15, -0.1) is 0 Å². The molecule has 1 saturated heterocycles. The Morgan fingerprint density at radius 1 is 1.47 bits per heavy atom. The summed E-state index contributed by atoms with van der Waals surface area (Å²) in [5.74, 6) is -0.0438. The largest absolute Gasteiger partial charge is 0.326 e. The first-order chi connectivity index (χ1) is 8.24. The van der Waals surface area contributed by atoms with E-state index in [0.29, 0.717) is 0 Å². The normalized spacial score (nSPS) is 16.8. The Hall–Kier alpha value is -1.39. The Morgan fingerprint density at radius 2 is 2.24 bits per heavy atom. The molecule has 0 aliphatic carbocycles. The number of carbonyl (C=O) groups is 1. The van der Waals surface area contributed by atoms with Crippen LogP contribution in [0.5, 0.6) is 0 Å². The number of amides is 1. The number of carbonyl (C=O) groups excluding carboxylic acids is 1. The molecule has 1 aromatic rings. The van der Waals surface area contributed by atoms with Gasteiger partial charge in [-0.05, 0) is 29.8 Å². The van der Waals surface area contributed by atoms with Crippen molar-refractivity contribution in [3.8, 4) is 0 Å². The van der Waals surface area contributed by atoms with Crippen LogP contribution in [0.4, 0.5) is 5.69 Å². The zero-order chi connectivity index (χ0) is 12.1. The number of hydrogen-bond donors (Lipinski definition) is 2. The van der Waals surface area contributed by atoms with E-state index in [9.17, 15) is 4.79 Å². The zero-order valence-electron chi connectivity index (χ0n) is 10.1. The molecule has 2 rings (SSSR count). The van der Waals surface area contributed by atoms with Gasteiger partial charge >= 0.3 is 0 Å². The van der Waals surface area contributed by atoms with Crippen LogP contribution in [0.25, 0.3) is 0 Å². The minimum absolute atomic E-state index is 0.0438. The first-order valence-electron chi connectivity index (χ1n) is 5.95. The number of benzene rings is 1. The first kappa shape index (κ1) is 12.1. The highest BCUT2D eigenvalue weighted by Gasteiger charge is 2.09. The number of rotatable bonds is 3. The number of hydrogen-bond acceptors (Lipinski definition) is 3. The maximum absolute atomic E-state index is 11.0. The first-order valence-corrected chi connectivity index (χ1v) is 5.95. The third kappa shape index (κ3) is 3.84. The van der Waals surface area contributed by atoms with Gasteiger partial charge in [-0.25, -0.2) is 0 Å². The van der Waals surface area contributed by atoms with Crippen molar-refractivity contribution < 1.29 is 4.79 Å². The highest BCUT2D eigenvalue weighted by molar-refractivity contribution is 5.88. The summed E-state index contributed by atoms with van der Waals surface area (Å²) in [6, 6.07) is 8.86. The highest BCUT2D eigenvalue weighted by Crippen LogP contribution is 2.12. The van der Waals surface area contributed by atoms with Gasteiger partial charge in [0.15, 0.2) is 0 Å². The van der Waals surface area contributed by atoms with Crippen LogP contribution in [0.1, 0.15) is 12.5 Å². The molecule has 0 unspecified atom stereocenters. The lowest BCUT2D eigenvalue weighted by Gasteiger charge is -2.27. The lowest BCUT2D eigenvalue weighted by atomic mass is 10.1. The fourth-order valence-corrected chi connectivity index (χ4v) is 2.02. The third-order valence-corrected chi connectivity index (χ3v) is 2.78. The number of nitrogens with one attached hydrogen (secondary N) is 2. The molecule has 0 saturated carbocycles. The molecule has 1 aromatic carbocycles. The molecular weight excluding hydrogens is 214 g/mol. The maximum atomic E-state index is 11.0. The lowest BCUT2D eigenvalue weighted by Crippen LogP contribution is -2.42. The van der Waals surface area contributed by atoms with E-state index in [2.05, 4.69) is 21.6 Å². The molecule has 1 amide bonds. The van der Waals surface area contributed by atoms with Crippen molar-refractivity contribution in [2.24, 2.45) is 0 Å². The standard InChI is InChI=1S/C13H18N3O/c1-11(17)15-13-4-2-3-12(9-13)10-16-7-5-14-6-8-16/h3-4,9,14H,5-8,10H2,1H3,(H,15,17). The molecule has 0 aromatic heterocycles. The molecule has 1 aliphatic rings. The molecule has 4 heteroatoms. The predicted molar refractivity (Wildman–Crippen MR) is 67.7 cm³/mol. The van der Waals surface area contributed by atoms with Gasteiger partial charge in [0, 0.05) is 45.3 Å². The summed E-state index contributed by atoms with van der Waals surface area (Å²) in [7, 11) is 0. The van der Waals surface area contributed by atoms with E-state index in [1.54, 1.807) is 6.07 Å². The lowest BCUT2D eigenvalue weighted by molar-refractivity contribution is -0.114. The smallest absolute Gasteiger partial charge is 0.221 e. The fourth-order valence-electron chi connectivity index (χ4n) is 2.02. The van der Waals surface area contributed by atoms with Crippen molar-refractivity contribution in [2.45, 2.75) is 13.5 Å². The van der Waals surface area contributed by atoms with Crippen molar-refractivity contribution in [3.05, 3.63) is 29.8 Å². The van der Waals surface area contributed by atoms with E-state index in [-0.39, 0.29) is 5.91 Å². The Morgan fingerprint density at radius 3 is 2.94 bits per heavy atom. The van der Waals surface area contributed by atoms with Crippen LogP contribution in [0.15, 0.2) is 18.2 Å².